The van der Waals surface area contributed by atoms with Crippen LogP contribution in [0.2, 0.25) is 0 Å². The average Bonchev–Trinajstić information content (AvgIpc) is 2.45. The predicted octanol–water partition coefficient (Wildman–Crippen LogP) is 2.53. The maximum atomic E-state index is 11.5. The minimum absolute atomic E-state index is 0.324. The predicted molar refractivity (Wildman–Crippen MR) is 87.6 cm³/mol. The van der Waals surface area contributed by atoms with E-state index in [0.717, 1.165) is 19.5 Å². The topological polar surface area (TPSA) is 32.3 Å². The van der Waals surface area contributed by atoms with E-state index in [9.17, 15) is 4.21 Å². The van der Waals surface area contributed by atoms with E-state index in [1.807, 2.05) is 6.26 Å². The molecule has 0 amide bonds. The number of hydrogen-bond donors (Lipinski definition) is 1. The van der Waals surface area contributed by atoms with E-state index >= 15 is 0 Å². The molecule has 20 heavy (non-hydrogen) atoms. The zero-order chi connectivity index (χ0) is 14.6. The second kappa shape index (κ2) is 7.37. The summed E-state index contributed by atoms with van der Waals surface area (Å²) >= 11 is 0. The third-order valence-corrected chi connectivity index (χ3v) is 6.78. The molecule has 4 heteroatoms. The van der Waals surface area contributed by atoms with Crippen molar-refractivity contribution < 1.29 is 4.21 Å². The van der Waals surface area contributed by atoms with Crippen molar-refractivity contribution in [1.29, 1.82) is 0 Å². The van der Waals surface area contributed by atoms with E-state index in [0.29, 0.717) is 16.8 Å². The Morgan fingerprint density at radius 3 is 2.65 bits per heavy atom. The Morgan fingerprint density at radius 1 is 1.35 bits per heavy atom. The minimum Gasteiger partial charge on any atom is -0.308 e. The third-order valence-electron chi connectivity index (χ3n) is 5.41. The first kappa shape index (κ1) is 16.4. The summed E-state index contributed by atoms with van der Waals surface area (Å²) in [4.78, 5) is 2.69. The molecule has 1 N–H and O–H groups in total. The highest BCUT2D eigenvalue weighted by molar-refractivity contribution is 7.84. The highest BCUT2D eigenvalue weighted by Crippen LogP contribution is 2.32. The van der Waals surface area contributed by atoms with Crippen molar-refractivity contribution in [1.82, 2.24) is 10.2 Å². The average molecular weight is 301 g/mol. The van der Waals surface area contributed by atoms with Crippen LogP contribution in [-0.4, -0.2) is 51.8 Å². The lowest BCUT2D eigenvalue weighted by atomic mass is 9.79. The van der Waals surface area contributed by atoms with E-state index in [2.05, 4.69) is 24.1 Å². The molecular weight excluding hydrogens is 268 g/mol. The largest absolute Gasteiger partial charge is 0.308 e. The van der Waals surface area contributed by atoms with Gasteiger partial charge in [-0.15, -0.1) is 0 Å². The van der Waals surface area contributed by atoms with E-state index < -0.39 is 10.8 Å². The number of hydrogen-bond acceptors (Lipinski definition) is 3. The molecule has 0 aromatic heterocycles. The second-order valence-electron chi connectivity index (χ2n) is 6.85. The van der Waals surface area contributed by atoms with Gasteiger partial charge in [0.05, 0.1) is 0 Å². The molecule has 1 heterocycles. The van der Waals surface area contributed by atoms with Gasteiger partial charge in [-0.25, -0.2) is 0 Å². The lowest BCUT2D eigenvalue weighted by Crippen LogP contribution is -2.64. The quantitative estimate of drug-likeness (QED) is 0.847. The van der Waals surface area contributed by atoms with Crippen molar-refractivity contribution in [2.45, 2.75) is 75.6 Å². The molecule has 1 aliphatic heterocycles. The molecule has 118 valence electrons. The van der Waals surface area contributed by atoms with E-state index in [1.165, 1.54) is 45.1 Å². The first-order valence-electron chi connectivity index (χ1n) is 8.37. The molecule has 1 aliphatic carbocycles. The van der Waals surface area contributed by atoms with Crippen LogP contribution in [0.5, 0.6) is 0 Å². The Balaban J connectivity index is 1.93. The zero-order valence-electron chi connectivity index (χ0n) is 13.5. The van der Waals surface area contributed by atoms with E-state index in [4.69, 9.17) is 0 Å². The molecule has 2 fully saturated rings. The Kier molecular flexibility index (Phi) is 6.06. The van der Waals surface area contributed by atoms with Gasteiger partial charge >= 0.3 is 0 Å². The molecule has 1 saturated carbocycles. The Hall–Kier alpha value is 0.0700. The molecule has 1 saturated heterocycles. The van der Waals surface area contributed by atoms with Gasteiger partial charge in [-0.2, -0.15) is 0 Å². The zero-order valence-corrected chi connectivity index (χ0v) is 14.3. The summed E-state index contributed by atoms with van der Waals surface area (Å²) in [7, 11) is -0.683. The maximum Gasteiger partial charge on any atom is 0.0329 e. The van der Waals surface area contributed by atoms with Crippen LogP contribution in [0.15, 0.2) is 0 Å². The summed E-state index contributed by atoms with van der Waals surface area (Å²) in [5.41, 5.74) is 0.387. The lowest BCUT2D eigenvalue weighted by Gasteiger charge is -2.50. The van der Waals surface area contributed by atoms with Gasteiger partial charge in [-0.3, -0.25) is 9.11 Å². The SMILES string of the molecule is CCC1CNC2(CCCCC2)CN1CCC(C)S(C)=O. The summed E-state index contributed by atoms with van der Waals surface area (Å²) < 4.78 is 11.5. The lowest BCUT2D eigenvalue weighted by molar-refractivity contribution is 0.0533. The molecule has 0 radical (unpaired) electrons. The fourth-order valence-electron chi connectivity index (χ4n) is 3.78. The van der Waals surface area contributed by atoms with Crippen LogP contribution < -0.4 is 5.32 Å². The monoisotopic (exact) mass is 300 g/mol. The van der Waals surface area contributed by atoms with Crippen LogP contribution in [-0.2, 0) is 10.8 Å². The first-order chi connectivity index (χ1) is 9.56. The number of nitrogens with zero attached hydrogens (tertiary/aromatic N) is 1. The van der Waals surface area contributed by atoms with Crippen LogP contribution in [0, 0.1) is 0 Å². The van der Waals surface area contributed by atoms with Gasteiger partial charge in [0.2, 0.25) is 0 Å². The maximum absolute atomic E-state index is 11.5. The summed E-state index contributed by atoms with van der Waals surface area (Å²) in [5, 5.41) is 4.20. The fourth-order valence-corrected chi connectivity index (χ4v) is 4.22. The molecule has 3 atom stereocenters. The van der Waals surface area contributed by atoms with Gasteiger partial charge in [-0.05, 0) is 32.2 Å². The number of nitrogens with one attached hydrogen (secondary N) is 1. The highest BCUT2D eigenvalue weighted by Gasteiger charge is 2.39. The minimum atomic E-state index is -0.683. The molecule has 1 spiro atoms. The highest BCUT2D eigenvalue weighted by atomic mass is 32.2. The molecule has 0 aromatic carbocycles. The standard InChI is InChI=1S/C16H32N2OS/c1-4-15-12-17-16(9-6-5-7-10-16)13-18(15)11-8-14(2)20(3)19/h14-15,17H,4-13H2,1-3H3. The van der Waals surface area contributed by atoms with Gasteiger partial charge in [0, 0.05) is 47.0 Å². The van der Waals surface area contributed by atoms with Gasteiger partial charge in [0.1, 0.15) is 0 Å². The van der Waals surface area contributed by atoms with E-state index in [1.54, 1.807) is 0 Å². The van der Waals surface area contributed by atoms with Gasteiger partial charge in [0.25, 0.3) is 0 Å². The third kappa shape index (κ3) is 4.05. The van der Waals surface area contributed by atoms with E-state index in [-0.39, 0.29) is 0 Å². The van der Waals surface area contributed by atoms with Crippen molar-refractivity contribution in [3.8, 4) is 0 Å². The molecule has 3 unspecified atom stereocenters. The van der Waals surface area contributed by atoms with Gasteiger partial charge < -0.3 is 5.32 Å². The van der Waals surface area contributed by atoms with Crippen LogP contribution in [0.25, 0.3) is 0 Å². The molecule has 2 rings (SSSR count). The second-order valence-corrected chi connectivity index (χ2v) is 8.65. The fraction of sp³-hybridized carbons (Fsp3) is 1.00. The molecule has 2 aliphatic rings. The van der Waals surface area contributed by atoms with Crippen molar-refractivity contribution >= 4 is 10.8 Å². The summed E-state index contributed by atoms with van der Waals surface area (Å²) in [5.74, 6) is 0. The summed E-state index contributed by atoms with van der Waals surface area (Å²) in [6.45, 7) is 7.87. The van der Waals surface area contributed by atoms with Crippen LogP contribution in [0.3, 0.4) is 0 Å². The Labute approximate surface area is 127 Å². The van der Waals surface area contributed by atoms with Gasteiger partial charge in [0.15, 0.2) is 0 Å². The van der Waals surface area contributed by atoms with Crippen LogP contribution in [0.4, 0.5) is 0 Å². The van der Waals surface area contributed by atoms with Crippen molar-refractivity contribution in [2.75, 3.05) is 25.9 Å². The van der Waals surface area contributed by atoms with Crippen LogP contribution >= 0.6 is 0 Å². The molecular formula is C16H32N2OS. The number of rotatable bonds is 5. The van der Waals surface area contributed by atoms with Crippen molar-refractivity contribution in [3.63, 3.8) is 0 Å². The smallest absolute Gasteiger partial charge is 0.0329 e. The number of piperazine rings is 1. The Morgan fingerprint density at radius 2 is 2.05 bits per heavy atom. The van der Waals surface area contributed by atoms with Crippen LogP contribution in [0.1, 0.15) is 58.8 Å². The van der Waals surface area contributed by atoms with Gasteiger partial charge in [-0.1, -0.05) is 33.1 Å². The van der Waals surface area contributed by atoms with Crippen molar-refractivity contribution in [3.05, 3.63) is 0 Å². The molecule has 0 bridgehead atoms. The summed E-state index contributed by atoms with van der Waals surface area (Å²) in [6.07, 6.45) is 11.0. The van der Waals surface area contributed by atoms with Crippen molar-refractivity contribution in [2.24, 2.45) is 0 Å². The molecule has 3 nitrogen and oxygen atoms in total. The molecule has 0 aromatic rings. The summed E-state index contributed by atoms with van der Waals surface area (Å²) in [6, 6.07) is 0.667. The normalized spacial score (nSPS) is 30.2. The Bertz CT molecular complexity index is 328. The first-order valence-corrected chi connectivity index (χ1v) is 10.00.